The highest BCUT2D eigenvalue weighted by Crippen LogP contribution is 2.48. The van der Waals surface area contributed by atoms with Crippen molar-refractivity contribution in [3.05, 3.63) is 115 Å². The second-order valence-corrected chi connectivity index (χ2v) is 8.68. The third-order valence-electron chi connectivity index (χ3n) is 5.75. The zero-order valence-corrected chi connectivity index (χ0v) is 18.0. The minimum Gasteiger partial charge on any atom is -0.363 e. The van der Waals surface area contributed by atoms with Crippen LogP contribution in [0.3, 0.4) is 0 Å². The SMILES string of the molecule is c1ccc(-c2ccccc2-c2sc(-c3nocc3-c3ccccc3)c3ccccc23)cc1. The van der Waals surface area contributed by atoms with Crippen LogP contribution in [0.2, 0.25) is 0 Å². The normalized spacial score (nSPS) is 11.1. The number of rotatable bonds is 4. The van der Waals surface area contributed by atoms with Gasteiger partial charge >= 0.3 is 0 Å². The van der Waals surface area contributed by atoms with E-state index in [1.165, 1.54) is 32.3 Å². The van der Waals surface area contributed by atoms with Crippen LogP contribution in [0.4, 0.5) is 0 Å². The van der Waals surface area contributed by atoms with Crippen molar-refractivity contribution in [2.24, 2.45) is 0 Å². The molecule has 0 amide bonds. The predicted octanol–water partition coefficient (Wildman–Crippen LogP) is 8.56. The number of hydrogen-bond acceptors (Lipinski definition) is 3. The molecule has 0 spiro atoms. The Balaban J connectivity index is 1.60. The number of aromatic nitrogens is 1. The van der Waals surface area contributed by atoms with Gasteiger partial charge in [-0.3, -0.25) is 0 Å². The first kappa shape index (κ1) is 18.8. The quantitative estimate of drug-likeness (QED) is 0.280. The first-order chi connectivity index (χ1) is 15.9. The van der Waals surface area contributed by atoms with Gasteiger partial charge in [-0.25, -0.2) is 0 Å². The lowest BCUT2D eigenvalue weighted by Crippen LogP contribution is -1.82. The van der Waals surface area contributed by atoms with E-state index < -0.39 is 0 Å². The summed E-state index contributed by atoms with van der Waals surface area (Å²) in [5.74, 6) is 0. The molecule has 6 rings (SSSR count). The number of benzene rings is 4. The molecule has 0 aliphatic rings. The number of thiophene rings is 1. The van der Waals surface area contributed by atoms with Crippen molar-refractivity contribution in [3.63, 3.8) is 0 Å². The number of hydrogen-bond donors (Lipinski definition) is 0. The molecule has 2 nitrogen and oxygen atoms in total. The Kier molecular flexibility index (Phi) is 4.67. The molecule has 0 aliphatic heterocycles. The first-order valence-electron chi connectivity index (χ1n) is 10.6. The van der Waals surface area contributed by atoms with E-state index >= 15 is 0 Å². The fourth-order valence-corrected chi connectivity index (χ4v) is 5.55. The molecule has 0 bridgehead atoms. The minimum atomic E-state index is 0.890. The van der Waals surface area contributed by atoms with Crippen molar-refractivity contribution in [1.82, 2.24) is 5.16 Å². The van der Waals surface area contributed by atoms with Crippen molar-refractivity contribution in [3.8, 4) is 43.3 Å². The highest BCUT2D eigenvalue weighted by molar-refractivity contribution is 7.21. The summed E-state index contributed by atoms with van der Waals surface area (Å²) >= 11 is 1.78. The van der Waals surface area contributed by atoms with Crippen molar-refractivity contribution >= 4 is 22.1 Å². The summed E-state index contributed by atoms with van der Waals surface area (Å²) < 4.78 is 5.47. The van der Waals surface area contributed by atoms with Crippen LogP contribution in [0.5, 0.6) is 0 Å². The summed E-state index contributed by atoms with van der Waals surface area (Å²) in [5.41, 5.74) is 6.69. The molecule has 0 fully saturated rings. The molecule has 32 heavy (non-hydrogen) atoms. The van der Waals surface area contributed by atoms with E-state index in [9.17, 15) is 0 Å². The molecule has 0 N–H and O–H groups in total. The smallest absolute Gasteiger partial charge is 0.132 e. The fourth-order valence-electron chi connectivity index (χ4n) is 4.24. The first-order valence-corrected chi connectivity index (χ1v) is 11.4. The van der Waals surface area contributed by atoms with E-state index in [1.54, 1.807) is 17.6 Å². The van der Waals surface area contributed by atoms with Crippen molar-refractivity contribution in [2.75, 3.05) is 0 Å². The van der Waals surface area contributed by atoms with E-state index in [1.807, 2.05) is 18.2 Å². The predicted molar refractivity (Wildman–Crippen MR) is 134 cm³/mol. The van der Waals surface area contributed by atoms with Crippen LogP contribution in [0, 0.1) is 0 Å². The Morgan fingerprint density at radius 2 is 1.03 bits per heavy atom. The fraction of sp³-hybridized carbons (Fsp3) is 0. The topological polar surface area (TPSA) is 26.0 Å². The van der Waals surface area contributed by atoms with Crippen molar-refractivity contribution in [1.29, 1.82) is 0 Å². The van der Waals surface area contributed by atoms with Gasteiger partial charge in [-0.2, -0.15) is 0 Å². The molecule has 0 unspecified atom stereocenters. The molecule has 0 radical (unpaired) electrons. The second kappa shape index (κ2) is 7.95. The molecule has 6 aromatic rings. The molecule has 2 aromatic heterocycles. The van der Waals surface area contributed by atoms with Crippen molar-refractivity contribution < 1.29 is 4.52 Å². The molecule has 0 saturated carbocycles. The Bertz CT molecular complexity index is 1510. The molecular weight excluding hydrogens is 410 g/mol. The van der Waals surface area contributed by atoms with Crippen LogP contribution in [0.1, 0.15) is 0 Å². The molecule has 0 saturated heterocycles. The van der Waals surface area contributed by atoms with Crippen LogP contribution in [-0.4, -0.2) is 5.16 Å². The van der Waals surface area contributed by atoms with Gasteiger partial charge in [-0.1, -0.05) is 114 Å². The van der Waals surface area contributed by atoms with Crippen molar-refractivity contribution in [2.45, 2.75) is 0 Å². The lowest BCUT2D eigenvalue weighted by Gasteiger charge is -2.09. The summed E-state index contributed by atoms with van der Waals surface area (Å²) in [4.78, 5) is 2.38. The Morgan fingerprint density at radius 1 is 0.500 bits per heavy atom. The zero-order valence-electron chi connectivity index (χ0n) is 17.2. The summed E-state index contributed by atoms with van der Waals surface area (Å²) in [5, 5.41) is 6.87. The third-order valence-corrected chi connectivity index (χ3v) is 7.01. The van der Waals surface area contributed by atoms with Crippen LogP contribution < -0.4 is 0 Å². The minimum absolute atomic E-state index is 0.890. The standard InChI is InChI=1S/C29H19NOS/c1-3-11-20(12-4-1)22-15-7-8-16-23(22)28-24-17-9-10-18-25(24)29(32-28)27-26(19-31-30-27)21-13-5-2-6-14-21/h1-19H. The molecule has 0 atom stereocenters. The van der Waals surface area contributed by atoms with Crippen LogP contribution in [0.15, 0.2) is 120 Å². The lowest BCUT2D eigenvalue weighted by molar-refractivity contribution is 0.423. The highest BCUT2D eigenvalue weighted by Gasteiger charge is 2.21. The van der Waals surface area contributed by atoms with E-state index in [0.717, 1.165) is 21.7 Å². The van der Waals surface area contributed by atoms with E-state index in [0.29, 0.717) is 0 Å². The summed E-state index contributed by atoms with van der Waals surface area (Å²) in [6.45, 7) is 0. The largest absolute Gasteiger partial charge is 0.363 e. The van der Waals surface area contributed by atoms with Gasteiger partial charge in [0.2, 0.25) is 0 Å². The number of fused-ring (bicyclic) bond motifs is 1. The van der Waals surface area contributed by atoms with Gasteiger partial charge in [0.1, 0.15) is 12.0 Å². The molecule has 4 aromatic carbocycles. The summed E-state index contributed by atoms with van der Waals surface area (Å²) in [6, 6.07) is 38.1. The lowest BCUT2D eigenvalue weighted by atomic mass is 9.96. The van der Waals surface area contributed by atoms with Gasteiger partial charge in [0.05, 0.1) is 10.4 Å². The van der Waals surface area contributed by atoms with Gasteiger partial charge < -0.3 is 4.52 Å². The maximum absolute atomic E-state index is 5.47. The molecule has 3 heteroatoms. The van der Waals surface area contributed by atoms with Gasteiger partial charge in [0.15, 0.2) is 0 Å². The third kappa shape index (κ3) is 3.15. The Hall–Kier alpha value is -3.95. The molecule has 152 valence electrons. The highest BCUT2D eigenvalue weighted by atomic mass is 32.1. The summed E-state index contributed by atoms with van der Waals surface area (Å²) in [6.07, 6.45) is 1.75. The average Bonchev–Trinajstić information content (AvgIpc) is 3.50. The maximum atomic E-state index is 5.47. The van der Waals surface area contributed by atoms with Gasteiger partial charge in [0.25, 0.3) is 0 Å². The molecule has 0 aliphatic carbocycles. The van der Waals surface area contributed by atoms with Gasteiger partial charge in [-0.05, 0) is 16.7 Å². The van der Waals surface area contributed by atoms with E-state index in [2.05, 4.69) is 96.2 Å². The average molecular weight is 430 g/mol. The van der Waals surface area contributed by atoms with E-state index in [-0.39, 0.29) is 0 Å². The van der Waals surface area contributed by atoms with Crippen LogP contribution in [-0.2, 0) is 0 Å². The number of nitrogens with zero attached hydrogens (tertiary/aromatic N) is 1. The van der Waals surface area contributed by atoms with Crippen LogP contribution >= 0.6 is 11.3 Å². The second-order valence-electron chi connectivity index (χ2n) is 7.66. The Labute approximate surface area is 190 Å². The monoisotopic (exact) mass is 429 g/mol. The molecular formula is C29H19NOS. The van der Waals surface area contributed by atoms with Crippen LogP contribution in [0.25, 0.3) is 54.0 Å². The summed E-state index contributed by atoms with van der Waals surface area (Å²) in [7, 11) is 0. The van der Waals surface area contributed by atoms with Gasteiger partial charge in [0, 0.05) is 21.2 Å². The van der Waals surface area contributed by atoms with E-state index in [4.69, 9.17) is 4.52 Å². The zero-order chi connectivity index (χ0) is 21.3. The van der Waals surface area contributed by atoms with Gasteiger partial charge in [-0.15, -0.1) is 11.3 Å². The molecule has 2 heterocycles. The Morgan fingerprint density at radius 3 is 1.72 bits per heavy atom. The maximum Gasteiger partial charge on any atom is 0.132 e.